The van der Waals surface area contributed by atoms with E-state index in [-0.39, 0.29) is 45.4 Å². The van der Waals surface area contributed by atoms with Crippen LogP contribution in [0.4, 0.5) is 5.69 Å². The summed E-state index contributed by atoms with van der Waals surface area (Å²) in [5.41, 5.74) is 3.92. The first-order chi connectivity index (χ1) is 18.7. The van der Waals surface area contributed by atoms with Gasteiger partial charge < -0.3 is 10.6 Å². The summed E-state index contributed by atoms with van der Waals surface area (Å²) in [6.07, 6.45) is 7.78. The van der Waals surface area contributed by atoms with Gasteiger partial charge in [0.2, 0.25) is 5.91 Å². The second kappa shape index (κ2) is 11.6. The quantitative estimate of drug-likeness (QED) is 0.263. The van der Waals surface area contributed by atoms with E-state index >= 15 is 0 Å². The lowest BCUT2D eigenvalue weighted by molar-refractivity contribution is -0.126. The number of pyridine rings is 1. The number of amides is 1. The maximum Gasteiger partial charge on any atom is 0.237 e. The third-order valence-corrected chi connectivity index (χ3v) is 8.65. The molecule has 3 aromatic rings. The van der Waals surface area contributed by atoms with Crippen molar-refractivity contribution in [1.82, 2.24) is 15.2 Å². The van der Waals surface area contributed by atoms with Crippen LogP contribution in [0.15, 0.2) is 36.5 Å². The standard InChI is InChI=1S/C30H32Cl2N4O3/c1-17(38)23-15-33-27-10-5-18(19-13-25(31)24(16-37)26(32)14-19)12-22(27)29(23)34-20-6-8-21(9-7-20)35-30(39)28-4-3-11-36(28)2/h5,10,12-16,20-21,28H,3-4,6-9,11H2,1-2H3,(H,33,34)(H,35,39). The molecule has 2 fully saturated rings. The van der Waals surface area contributed by atoms with E-state index in [2.05, 4.69) is 20.5 Å². The van der Waals surface area contributed by atoms with E-state index in [1.165, 1.54) is 0 Å². The zero-order valence-electron chi connectivity index (χ0n) is 22.1. The SMILES string of the molecule is CC(=O)c1cnc2ccc(-c3cc(Cl)c(C=O)c(Cl)c3)cc2c1NC1CCC(NC(=O)C2CCCN2C)CC1. The lowest BCUT2D eigenvalue weighted by Crippen LogP contribution is -2.47. The van der Waals surface area contributed by atoms with Gasteiger partial charge in [-0.15, -0.1) is 0 Å². The number of carbonyl (C=O) groups is 3. The smallest absolute Gasteiger partial charge is 0.237 e. The van der Waals surface area contributed by atoms with E-state index in [0.29, 0.717) is 11.8 Å². The van der Waals surface area contributed by atoms with Gasteiger partial charge in [-0.3, -0.25) is 24.3 Å². The van der Waals surface area contributed by atoms with Gasteiger partial charge in [0, 0.05) is 23.7 Å². The number of anilines is 1. The summed E-state index contributed by atoms with van der Waals surface area (Å²) in [5.74, 6) is 0.0691. The van der Waals surface area contributed by atoms with Crippen LogP contribution in [0.3, 0.4) is 0 Å². The fourth-order valence-corrected chi connectivity index (χ4v) is 6.36. The molecular formula is C30H32Cl2N4O3. The molecule has 0 bridgehead atoms. The van der Waals surface area contributed by atoms with Crippen molar-refractivity contribution < 1.29 is 14.4 Å². The third kappa shape index (κ3) is 5.81. The second-order valence-electron chi connectivity index (χ2n) is 10.6. The van der Waals surface area contributed by atoms with Crippen molar-refractivity contribution in [3.05, 3.63) is 57.7 Å². The van der Waals surface area contributed by atoms with Crippen LogP contribution in [-0.2, 0) is 4.79 Å². The minimum atomic E-state index is -0.0691. The van der Waals surface area contributed by atoms with E-state index in [9.17, 15) is 14.4 Å². The predicted octanol–water partition coefficient (Wildman–Crippen LogP) is 6.16. The lowest BCUT2D eigenvalue weighted by Gasteiger charge is -2.32. The Labute approximate surface area is 238 Å². The highest BCUT2D eigenvalue weighted by molar-refractivity contribution is 6.39. The topological polar surface area (TPSA) is 91.4 Å². The fraction of sp³-hybridized carbons (Fsp3) is 0.400. The number of halogens is 2. The molecule has 0 radical (unpaired) electrons. The molecule has 2 aromatic carbocycles. The number of Topliss-reactive ketones (excluding diaryl/α,β-unsaturated/α-hetero) is 1. The number of likely N-dealkylation sites (N-methyl/N-ethyl adjacent to an activating group) is 1. The van der Waals surface area contributed by atoms with Gasteiger partial charge in [0.05, 0.1) is 38.4 Å². The normalized spacial score (nSPS) is 21.6. The predicted molar refractivity (Wildman–Crippen MR) is 156 cm³/mol. The minimum absolute atomic E-state index is 0.0178. The Bertz CT molecular complexity index is 1410. The number of hydrogen-bond acceptors (Lipinski definition) is 6. The van der Waals surface area contributed by atoms with Crippen LogP contribution in [0.2, 0.25) is 10.0 Å². The summed E-state index contributed by atoms with van der Waals surface area (Å²) < 4.78 is 0. The molecule has 1 saturated heterocycles. The van der Waals surface area contributed by atoms with E-state index < -0.39 is 0 Å². The molecule has 2 N–H and O–H groups in total. The molecule has 1 unspecified atom stereocenters. The summed E-state index contributed by atoms with van der Waals surface area (Å²) >= 11 is 12.6. The molecule has 1 aromatic heterocycles. The molecule has 9 heteroatoms. The minimum Gasteiger partial charge on any atom is -0.381 e. The second-order valence-corrected chi connectivity index (χ2v) is 11.5. The number of aromatic nitrogens is 1. The maximum atomic E-state index is 12.7. The number of nitrogens with one attached hydrogen (secondary N) is 2. The van der Waals surface area contributed by atoms with Crippen LogP contribution in [0.25, 0.3) is 22.0 Å². The largest absolute Gasteiger partial charge is 0.381 e. The van der Waals surface area contributed by atoms with Gasteiger partial charge in [0.1, 0.15) is 0 Å². The first-order valence-corrected chi connectivity index (χ1v) is 14.2. The number of rotatable bonds is 7. The average Bonchev–Trinajstić information content (AvgIpc) is 3.35. The Hall–Kier alpha value is -3.00. The number of aldehydes is 1. The number of carbonyl (C=O) groups excluding carboxylic acids is 3. The van der Waals surface area contributed by atoms with E-state index in [1.54, 1.807) is 25.3 Å². The zero-order valence-corrected chi connectivity index (χ0v) is 23.6. The van der Waals surface area contributed by atoms with Crippen LogP contribution in [-0.4, -0.2) is 59.6 Å². The van der Waals surface area contributed by atoms with Gasteiger partial charge in [-0.25, -0.2) is 0 Å². The average molecular weight is 568 g/mol. The van der Waals surface area contributed by atoms with Gasteiger partial charge >= 0.3 is 0 Å². The molecule has 1 aliphatic heterocycles. The molecule has 204 valence electrons. The molecule has 7 nitrogen and oxygen atoms in total. The molecule has 1 aliphatic carbocycles. The molecule has 39 heavy (non-hydrogen) atoms. The van der Waals surface area contributed by atoms with Gasteiger partial charge in [0.15, 0.2) is 12.1 Å². The van der Waals surface area contributed by atoms with Gasteiger partial charge in [-0.1, -0.05) is 29.3 Å². The fourth-order valence-electron chi connectivity index (χ4n) is 5.78. The van der Waals surface area contributed by atoms with E-state index in [0.717, 1.165) is 72.8 Å². The summed E-state index contributed by atoms with van der Waals surface area (Å²) in [5, 5.41) is 8.30. The number of benzene rings is 2. The van der Waals surface area contributed by atoms with Crippen molar-refractivity contribution in [3.8, 4) is 11.1 Å². The lowest BCUT2D eigenvalue weighted by atomic mass is 9.90. The highest BCUT2D eigenvalue weighted by atomic mass is 35.5. The van der Waals surface area contributed by atoms with Crippen LogP contribution in [0, 0.1) is 0 Å². The van der Waals surface area contributed by atoms with Crippen LogP contribution in [0.5, 0.6) is 0 Å². The number of fused-ring (bicyclic) bond motifs is 1. The van der Waals surface area contributed by atoms with Crippen molar-refractivity contribution in [2.75, 3.05) is 18.9 Å². The highest BCUT2D eigenvalue weighted by Gasteiger charge is 2.31. The Morgan fingerprint density at radius 3 is 2.31 bits per heavy atom. The first-order valence-electron chi connectivity index (χ1n) is 13.4. The number of likely N-dealkylation sites (tertiary alicyclic amines) is 1. The van der Waals surface area contributed by atoms with Gasteiger partial charge in [-0.2, -0.15) is 0 Å². The summed E-state index contributed by atoms with van der Waals surface area (Å²) in [4.78, 5) is 43.3. The summed E-state index contributed by atoms with van der Waals surface area (Å²) in [7, 11) is 2.01. The van der Waals surface area contributed by atoms with E-state index in [4.69, 9.17) is 23.2 Å². The van der Waals surface area contributed by atoms with Crippen molar-refractivity contribution in [2.45, 2.75) is 63.6 Å². The number of hydrogen-bond donors (Lipinski definition) is 2. The van der Waals surface area contributed by atoms with Crippen LogP contribution in [0.1, 0.15) is 66.2 Å². The van der Waals surface area contributed by atoms with Crippen molar-refractivity contribution >= 4 is 57.8 Å². The molecule has 1 saturated carbocycles. The number of ketones is 1. The molecular weight excluding hydrogens is 535 g/mol. The van der Waals surface area contributed by atoms with Gasteiger partial charge in [-0.05, 0) is 94.4 Å². The molecule has 2 heterocycles. The first kappa shape index (κ1) is 27.6. The van der Waals surface area contributed by atoms with Crippen molar-refractivity contribution in [3.63, 3.8) is 0 Å². The Morgan fingerprint density at radius 2 is 1.69 bits per heavy atom. The molecule has 0 spiro atoms. The van der Waals surface area contributed by atoms with Gasteiger partial charge in [0.25, 0.3) is 0 Å². The summed E-state index contributed by atoms with van der Waals surface area (Å²) in [6.45, 7) is 2.51. The molecule has 5 rings (SSSR count). The number of nitrogens with zero attached hydrogens (tertiary/aromatic N) is 2. The highest BCUT2D eigenvalue weighted by Crippen LogP contribution is 2.36. The summed E-state index contributed by atoms with van der Waals surface area (Å²) in [6, 6.07) is 9.54. The molecule has 1 amide bonds. The van der Waals surface area contributed by atoms with Crippen molar-refractivity contribution in [2.24, 2.45) is 0 Å². The van der Waals surface area contributed by atoms with Crippen LogP contribution >= 0.6 is 23.2 Å². The molecule has 2 aliphatic rings. The molecule has 1 atom stereocenters. The monoisotopic (exact) mass is 566 g/mol. The Morgan fingerprint density at radius 1 is 1.00 bits per heavy atom. The van der Waals surface area contributed by atoms with Crippen molar-refractivity contribution in [1.29, 1.82) is 0 Å². The maximum absolute atomic E-state index is 12.7. The Balaban J connectivity index is 1.38. The zero-order chi connectivity index (χ0) is 27.7. The Kier molecular flexibility index (Phi) is 8.21. The van der Waals surface area contributed by atoms with Crippen LogP contribution < -0.4 is 10.6 Å². The van der Waals surface area contributed by atoms with E-state index in [1.807, 2.05) is 25.2 Å². The third-order valence-electron chi connectivity index (χ3n) is 8.02.